The molecule has 31 heavy (non-hydrogen) atoms. The Bertz CT molecular complexity index is 1080. The fraction of sp³-hybridized carbons (Fsp3) is 0.429. The zero-order chi connectivity index (χ0) is 22.2. The third-order valence-corrected chi connectivity index (χ3v) is 6.08. The van der Waals surface area contributed by atoms with E-state index in [1.165, 1.54) is 12.3 Å². The summed E-state index contributed by atoms with van der Waals surface area (Å²) in [4.78, 5) is 10.5. The molecule has 3 heterocycles. The summed E-state index contributed by atoms with van der Waals surface area (Å²) in [6.07, 6.45) is 3.64. The monoisotopic (exact) mass is 444 g/mol. The number of nitrogens with zero attached hydrogens (tertiary/aromatic N) is 5. The Hall–Kier alpha value is -3.01. The van der Waals surface area contributed by atoms with Crippen molar-refractivity contribution >= 4 is 17.4 Å². The molecule has 0 bridgehead atoms. The van der Waals surface area contributed by atoms with E-state index in [4.69, 9.17) is 11.6 Å². The van der Waals surface area contributed by atoms with E-state index in [1.54, 1.807) is 6.07 Å². The minimum absolute atomic E-state index is 0.0787. The van der Waals surface area contributed by atoms with Crippen molar-refractivity contribution in [2.45, 2.75) is 50.9 Å². The van der Waals surface area contributed by atoms with Crippen LogP contribution in [0.15, 0.2) is 18.3 Å². The highest BCUT2D eigenvalue weighted by Crippen LogP contribution is 2.41. The first-order valence-electron chi connectivity index (χ1n) is 9.81. The van der Waals surface area contributed by atoms with Gasteiger partial charge in [-0.3, -0.25) is 4.90 Å². The second-order valence-electron chi connectivity index (χ2n) is 7.72. The van der Waals surface area contributed by atoms with Crippen molar-refractivity contribution in [3.05, 3.63) is 45.7 Å². The molecule has 1 unspecified atom stereocenters. The molecular formula is C21H19ClF2N6O. The van der Waals surface area contributed by atoms with Crippen molar-refractivity contribution in [2.75, 3.05) is 11.9 Å². The highest BCUT2D eigenvalue weighted by molar-refractivity contribution is 6.30. The van der Waals surface area contributed by atoms with E-state index in [1.807, 2.05) is 6.92 Å². The van der Waals surface area contributed by atoms with E-state index >= 15 is 0 Å². The molecule has 2 aromatic heterocycles. The molecular weight excluding hydrogens is 426 g/mol. The summed E-state index contributed by atoms with van der Waals surface area (Å²) in [6, 6.07) is 7.48. The summed E-state index contributed by atoms with van der Waals surface area (Å²) in [7, 11) is 0. The van der Waals surface area contributed by atoms with Crippen LogP contribution in [0.5, 0.6) is 5.88 Å². The maximum absolute atomic E-state index is 12.3. The summed E-state index contributed by atoms with van der Waals surface area (Å²) in [5, 5.41) is 22.4. The highest BCUT2D eigenvalue weighted by Gasteiger charge is 2.44. The van der Waals surface area contributed by atoms with Crippen LogP contribution in [-0.2, 0) is 13.0 Å². The van der Waals surface area contributed by atoms with Crippen LogP contribution < -0.4 is 10.1 Å². The first-order valence-corrected chi connectivity index (χ1v) is 10.2. The third-order valence-electron chi connectivity index (χ3n) is 5.81. The number of pyridine rings is 2. The van der Waals surface area contributed by atoms with Gasteiger partial charge in [-0.25, -0.2) is 9.97 Å². The molecule has 2 aromatic rings. The van der Waals surface area contributed by atoms with Gasteiger partial charge in [-0.2, -0.15) is 19.3 Å². The number of halogens is 3. The van der Waals surface area contributed by atoms with Gasteiger partial charge in [-0.1, -0.05) is 17.7 Å². The number of nitrogens with one attached hydrogen (secondary N) is 1. The third kappa shape index (κ3) is 4.25. The van der Waals surface area contributed by atoms with Crippen LogP contribution in [0.3, 0.4) is 0 Å². The van der Waals surface area contributed by atoms with Crippen molar-refractivity contribution < 1.29 is 13.5 Å². The molecule has 4 rings (SSSR count). The van der Waals surface area contributed by atoms with Gasteiger partial charge >= 0.3 is 6.61 Å². The summed E-state index contributed by atoms with van der Waals surface area (Å²) < 4.78 is 29.0. The largest absolute Gasteiger partial charge is 0.417 e. The van der Waals surface area contributed by atoms with Crippen molar-refractivity contribution in [3.8, 4) is 18.0 Å². The molecule has 10 heteroatoms. The predicted octanol–water partition coefficient (Wildman–Crippen LogP) is 4.19. The van der Waals surface area contributed by atoms with Gasteiger partial charge < -0.3 is 10.1 Å². The number of ether oxygens (including phenoxy) is 1. The van der Waals surface area contributed by atoms with Gasteiger partial charge in [0.1, 0.15) is 22.6 Å². The Morgan fingerprint density at radius 1 is 1.29 bits per heavy atom. The Kier molecular flexibility index (Phi) is 5.65. The van der Waals surface area contributed by atoms with Crippen LogP contribution in [-0.4, -0.2) is 33.6 Å². The predicted molar refractivity (Wildman–Crippen MR) is 109 cm³/mol. The first-order chi connectivity index (χ1) is 14.9. The molecule has 0 spiro atoms. The minimum Gasteiger partial charge on any atom is -0.417 e. The zero-order valence-corrected chi connectivity index (χ0v) is 17.5. The summed E-state index contributed by atoms with van der Waals surface area (Å²) in [5.41, 5.74) is 2.27. The molecule has 160 valence electrons. The molecule has 1 fully saturated rings. The number of nitriles is 2. The van der Waals surface area contributed by atoms with Crippen LogP contribution in [0.25, 0.3) is 0 Å². The maximum atomic E-state index is 12.3. The molecule has 1 aliphatic carbocycles. The van der Waals surface area contributed by atoms with Gasteiger partial charge in [-0.15, -0.1) is 0 Å². The van der Waals surface area contributed by atoms with Crippen molar-refractivity contribution in [1.82, 2.24) is 14.9 Å². The van der Waals surface area contributed by atoms with E-state index in [0.29, 0.717) is 30.9 Å². The molecule has 0 aromatic carbocycles. The van der Waals surface area contributed by atoms with Gasteiger partial charge in [0.05, 0.1) is 11.6 Å². The molecule has 0 saturated heterocycles. The molecule has 1 atom stereocenters. The Morgan fingerprint density at radius 2 is 2.06 bits per heavy atom. The van der Waals surface area contributed by atoms with Crippen LogP contribution in [0.1, 0.15) is 48.1 Å². The number of fused-ring (bicyclic) bond motifs is 1. The lowest BCUT2D eigenvalue weighted by Crippen LogP contribution is -2.35. The number of rotatable bonds is 6. The lowest BCUT2D eigenvalue weighted by Gasteiger charge is -2.35. The fourth-order valence-electron chi connectivity index (χ4n) is 3.80. The van der Waals surface area contributed by atoms with Gasteiger partial charge in [0, 0.05) is 37.0 Å². The Morgan fingerprint density at radius 3 is 2.65 bits per heavy atom. The average molecular weight is 445 g/mol. The van der Waals surface area contributed by atoms with Gasteiger partial charge in [-0.05, 0) is 37.3 Å². The summed E-state index contributed by atoms with van der Waals surface area (Å²) in [5.74, 6) is 0.433. The van der Waals surface area contributed by atoms with Gasteiger partial charge in [0.15, 0.2) is 0 Å². The standard InChI is InChI=1S/C21H19ClF2N6O/c1-12(13-2-3-17(27-9-13)31-20(23)24)30-7-4-14-16(10-30)15(8-25)18(22)28-19(14)29-21(11-26)5-6-21/h2-3,9,12,20H,4-7,10H2,1H3,(H,28,29). The van der Waals surface area contributed by atoms with E-state index in [-0.39, 0.29) is 17.1 Å². The summed E-state index contributed by atoms with van der Waals surface area (Å²) >= 11 is 6.30. The van der Waals surface area contributed by atoms with Crippen molar-refractivity contribution in [3.63, 3.8) is 0 Å². The second-order valence-corrected chi connectivity index (χ2v) is 8.08. The topological polar surface area (TPSA) is 97.9 Å². The molecule has 1 saturated carbocycles. The number of hydrogen-bond donors (Lipinski definition) is 1. The van der Waals surface area contributed by atoms with Crippen LogP contribution in [0.2, 0.25) is 5.15 Å². The molecule has 1 aliphatic heterocycles. The van der Waals surface area contributed by atoms with Crippen molar-refractivity contribution in [2.24, 2.45) is 0 Å². The second kappa shape index (κ2) is 8.26. The highest BCUT2D eigenvalue weighted by atomic mass is 35.5. The molecule has 2 aliphatic rings. The van der Waals surface area contributed by atoms with E-state index in [9.17, 15) is 19.3 Å². The van der Waals surface area contributed by atoms with Crippen molar-refractivity contribution in [1.29, 1.82) is 10.5 Å². The number of hydrogen-bond acceptors (Lipinski definition) is 7. The molecule has 1 N–H and O–H groups in total. The summed E-state index contributed by atoms with van der Waals surface area (Å²) in [6.45, 7) is 0.214. The quantitative estimate of drug-likeness (QED) is 0.667. The Balaban J connectivity index is 1.59. The molecule has 0 amide bonds. The normalized spacial score (nSPS) is 17.9. The average Bonchev–Trinajstić information content (AvgIpc) is 3.53. The fourth-order valence-corrected chi connectivity index (χ4v) is 4.04. The SMILES string of the molecule is CC(c1ccc(OC(F)F)nc1)N1CCc2c(NC3(C#N)CC3)nc(Cl)c(C#N)c2C1. The first kappa shape index (κ1) is 21.2. The van der Waals surface area contributed by atoms with Crippen LogP contribution in [0, 0.1) is 22.7 Å². The van der Waals surface area contributed by atoms with Crippen LogP contribution in [0.4, 0.5) is 14.6 Å². The lowest BCUT2D eigenvalue weighted by atomic mass is 9.94. The van der Waals surface area contributed by atoms with Crippen LogP contribution >= 0.6 is 11.6 Å². The maximum Gasteiger partial charge on any atom is 0.388 e. The van der Waals surface area contributed by atoms with E-state index < -0.39 is 12.2 Å². The Labute approximate surface area is 183 Å². The van der Waals surface area contributed by atoms with E-state index in [0.717, 1.165) is 29.5 Å². The zero-order valence-electron chi connectivity index (χ0n) is 16.7. The number of anilines is 1. The van der Waals surface area contributed by atoms with Gasteiger partial charge in [0.2, 0.25) is 5.88 Å². The number of alkyl halides is 2. The lowest BCUT2D eigenvalue weighted by molar-refractivity contribution is -0.0528. The minimum atomic E-state index is -2.92. The molecule has 0 radical (unpaired) electrons. The number of aromatic nitrogens is 2. The molecule has 7 nitrogen and oxygen atoms in total. The van der Waals surface area contributed by atoms with Gasteiger partial charge in [0.25, 0.3) is 0 Å². The smallest absolute Gasteiger partial charge is 0.388 e. The van der Waals surface area contributed by atoms with E-state index in [2.05, 4.69) is 37.1 Å².